The Hall–Kier alpha value is -2.08. The number of carbonyl (C=O) groups excluding carboxylic acids is 1. The van der Waals surface area contributed by atoms with E-state index in [0.29, 0.717) is 0 Å². The normalized spacial score (nSPS) is 29.1. The highest BCUT2D eigenvalue weighted by Crippen LogP contribution is 2.47. The SMILES string of the molecule is CC(C)(C)OC(=O)N1C[C@H]2O[C@H]2[C@@]1(Cc1ccccc1)C(=O)O. The van der Waals surface area contributed by atoms with Crippen molar-refractivity contribution in [3.05, 3.63) is 35.9 Å². The minimum absolute atomic E-state index is 0.198. The molecule has 3 rings (SSSR count). The Bertz CT molecular complexity index is 624. The maximum absolute atomic E-state index is 12.5. The van der Waals surface area contributed by atoms with E-state index in [9.17, 15) is 14.7 Å². The van der Waals surface area contributed by atoms with Crippen LogP contribution in [0.25, 0.3) is 0 Å². The van der Waals surface area contributed by atoms with Crippen LogP contribution in [0.1, 0.15) is 26.3 Å². The number of carboxylic acid groups (broad SMARTS) is 1. The second kappa shape index (κ2) is 5.23. The molecule has 0 aromatic heterocycles. The number of hydrogen-bond acceptors (Lipinski definition) is 4. The number of epoxide rings is 1. The summed E-state index contributed by atoms with van der Waals surface area (Å²) in [5.41, 5.74) is -1.24. The van der Waals surface area contributed by atoms with Crippen molar-refractivity contribution in [3.63, 3.8) is 0 Å². The zero-order valence-electron chi connectivity index (χ0n) is 13.5. The fourth-order valence-electron chi connectivity index (χ4n) is 3.17. The summed E-state index contributed by atoms with van der Waals surface area (Å²) in [6.07, 6.45) is -1.11. The number of hydrogen-bond donors (Lipinski definition) is 1. The second-order valence-electron chi connectivity index (χ2n) is 7.08. The van der Waals surface area contributed by atoms with Gasteiger partial charge in [0.15, 0.2) is 5.54 Å². The first kappa shape index (κ1) is 15.8. The lowest BCUT2D eigenvalue weighted by Crippen LogP contribution is -2.59. The van der Waals surface area contributed by atoms with E-state index >= 15 is 0 Å². The number of carboxylic acids is 1. The number of likely N-dealkylation sites (tertiary alicyclic amines) is 1. The van der Waals surface area contributed by atoms with E-state index < -0.39 is 29.3 Å². The quantitative estimate of drug-likeness (QED) is 0.863. The summed E-state index contributed by atoms with van der Waals surface area (Å²) in [5, 5.41) is 9.91. The van der Waals surface area contributed by atoms with Gasteiger partial charge in [-0.05, 0) is 26.3 Å². The summed E-state index contributed by atoms with van der Waals surface area (Å²) in [5.74, 6) is -1.06. The first-order chi connectivity index (χ1) is 10.7. The van der Waals surface area contributed by atoms with Crippen LogP contribution >= 0.6 is 0 Å². The molecule has 2 aliphatic heterocycles. The molecule has 2 fully saturated rings. The number of aliphatic carboxylic acids is 1. The molecule has 1 N–H and O–H groups in total. The fraction of sp³-hybridized carbons (Fsp3) is 0.529. The highest BCUT2D eigenvalue weighted by atomic mass is 16.6. The summed E-state index contributed by atoms with van der Waals surface area (Å²) in [7, 11) is 0. The summed E-state index contributed by atoms with van der Waals surface area (Å²) >= 11 is 0. The molecule has 6 heteroatoms. The molecule has 3 atom stereocenters. The van der Waals surface area contributed by atoms with Gasteiger partial charge >= 0.3 is 12.1 Å². The van der Waals surface area contributed by atoms with E-state index in [1.54, 1.807) is 20.8 Å². The summed E-state index contributed by atoms with van der Waals surface area (Å²) < 4.78 is 10.9. The third kappa shape index (κ3) is 2.79. The largest absolute Gasteiger partial charge is 0.479 e. The molecule has 23 heavy (non-hydrogen) atoms. The van der Waals surface area contributed by atoms with E-state index in [-0.39, 0.29) is 19.1 Å². The number of ether oxygens (including phenoxy) is 2. The molecule has 124 valence electrons. The van der Waals surface area contributed by atoms with Crippen molar-refractivity contribution in [2.45, 2.75) is 50.5 Å². The minimum atomic E-state index is -1.41. The molecule has 1 amide bonds. The van der Waals surface area contributed by atoms with E-state index in [0.717, 1.165) is 5.56 Å². The van der Waals surface area contributed by atoms with Crippen LogP contribution in [-0.4, -0.2) is 52.0 Å². The Kier molecular flexibility index (Phi) is 3.59. The third-order valence-electron chi connectivity index (χ3n) is 4.20. The van der Waals surface area contributed by atoms with Crippen LogP contribution in [0.5, 0.6) is 0 Å². The molecule has 2 aliphatic rings. The number of benzene rings is 1. The van der Waals surface area contributed by atoms with Crippen LogP contribution in [0.15, 0.2) is 30.3 Å². The lowest BCUT2D eigenvalue weighted by molar-refractivity contribution is -0.152. The van der Waals surface area contributed by atoms with Crippen molar-refractivity contribution in [1.29, 1.82) is 0 Å². The maximum atomic E-state index is 12.5. The number of rotatable bonds is 3. The highest BCUT2D eigenvalue weighted by Gasteiger charge is 2.70. The molecule has 0 aliphatic carbocycles. The molecule has 1 aromatic carbocycles. The standard InChI is InChI=1S/C17H21NO5/c1-16(2,3)23-15(21)18-10-12-13(22-12)17(18,14(19)20)9-11-7-5-4-6-8-11/h4-8,12-13H,9-10H2,1-3H3,(H,19,20)/t12-,13-,17+/m1/s1. The lowest BCUT2D eigenvalue weighted by atomic mass is 9.87. The predicted octanol–water partition coefficient (Wildman–Crippen LogP) is 2.07. The molecule has 2 saturated heterocycles. The fourth-order valence-corrected chi connectivity index (χ4v) is 3.17. The Morgan fingerprint density at radius 1 is 1.35 bits per heavy atom. The van der Waals surface area contributed by atoms with E-state index in [4.69, 9.17) is 9.47 Å². The van der Waals surface area contributed by atoms with E-state index in [2.05, 4.69) is 0 Å². The van der Waals surface area contributed by atoms with Crippen molar-refractivity contribution in [1.82, 2.24) is 4.90 Å². The number of morpholine rings is 1. The van der Waals surface area contributed by atoms with Gasteiger partial charge in [0.25, 0.3) is 0 Å². The van der Waals surface area contributed by atoms with Crippen LogP contribution in [0, 0.1) is 0 Å². The highest BCUT2D eigenvalue weighted by molar-refractivity contribution is 5.87. The first-order valence-corrected chi connectivity index (χ1v) is 7.67. The zero-order valence-corrected chi connectivity index (χ0v) is 13.5. The Balaban J connectivity index is 1.92. The molecule has 0 saturated carbocycles. The van der Waals surface area contributed by atoms with Crippen molar-refractivity contribution >= 4 is 12.1 Å². The molecular formula is C17H21NO5. The van der Waals surface area contributed by atoms with Crippen LogP contribution in [0.2, 0.25) is 0 Å². The van der Waals surface area contributed by atoms with Crippen LogP contribution in [-0.2, 0) is 20.7 Å². The van der Waals surface area contributed by atoms with Crippen molar-refractivity contribution in [2.24, 2.45) is 0 Å². The zero-order chi connectivity index (χ0) is 16.8. The maximum Gasteiger partial charge on any atom is 0.411 e. The predicted molar refractivity (Wildman–Crippen MR) is 82.1 cm³/mol. The number of nitrogens with zero attached hydrogens (tertiary/aromatic N) is 1. The summed E-state index contributed by atoms with van der Waals surface area (Å²) in [4.78, 5) is 26.0. The molecule has 2 heterocycles. The van der Waals surface area contributed by atoms with Gasteiger partial charge in [-0.25, -0.2) is 9.59 Å². The average Bonchev–Trinajstić information content (AvgIpc) is 3.15. The summed E-state index contributed by atoms with van der Waals surface area (Å²) in [6, 6.07) is 9.28. The molecular weight excluding hydrogens is 298 g/mol. The minimum Gasteiger partial charge on any atom is -0.479 e. The second-order valence-corrected chi connectivity index (χ2v) is 7.08. The van der Waals surface area contributed by atoms with Gasteiger partial charge in [-0.3, -0.25) is 4.90 Å². The molecule has 0 radical (unpaired) electrons. The number of amides is 1. The topological polar surface area (TPSA) is 79.4 Å². The monoisotopic (exact) mass is 319 g/mol. The van der Waals surface area contributed by atoms with Gasteiger partial charge in [-0.1, -0.05) is 30.3 Å². The van der Waals surface area contributed by atoms with Gasteiger partial charge in [0.1, 0.15) is 17.8 Å². The van der Waals surface area contributed by atoms with Crippen molar-refractivity contribution in [2.75, 3.05) is 6.54 Å². The third-order valence-corrected chi connectivity index (χ3v) is 4.20. The summed E-state index contributed by atoms with van der Waals surface area (Å²) in [6.45, 7) is 5.53. The molecule has 0 unspecified atom stereocenters. The average molecular weight is 319 g/mol. The molecule has 6 nitrogen and oxygen atoms in total. The van der Waals surface area contributed by atoms with Crippen molar-refractivity contribution < 1.29 is 24.2 Å². The van der Waals surface area contributed by atoms with Gasteiger partial charge in [0.05, 0.1) is 6.54 Å². The molecule has 1 aromatic rings. The lowest BCUT2D eigenvalue weighted by Gasteiger charge is -2.37. The Labute approximate surface area is 135 Å². The number of carbonyl (C=O) groups is 2. The molecule has 0 bridgehead atoms. The number of fused-ring (bicyclic) bond motifs is 1. The van der Waals surface area contributed by atoms with Crippen LogP contribution in [0.3, 0.4) is 0 Å². The Morgan fingerprint density at radius 3 is 2.57 bits per heavy atom. The van der Waals surface area contributed by atoms with Crippen LogP contribution < -0.4 is 0 Å². The van der Waals surface area contributed by atoms with Gasteiger partial charge < -0.3 is 14.6 Å². The van der Waals surface area contributed by atoms with Crippen LogP contribution in [0.4, 0.5) is 4.79 Å². The van der Waals surface area contributed by atoms with Crippen molar-refractivity contribution in [3.8, 4) is 0 Å². The first-order valence-electron chi connectivity index (χ1n) is 7.67. The Morgan fingerprint density at radius 2 is 2.00 bits per heavy atom. The van der Waals surface area contributed by atoms with Gasteiger partial charge in [-0.15, -0.1) is 0 Å². The van der Waals surface area contributed by atoms with E-state index in [1.165, 1.54) is 4.90 Å². The van der Waals surface area contributed by atoms with E-state index in [1.807, 2.05) is 30.3 Å². The van der Waals surface area contributed by atoms with Gasteiger partial charge in [0.2, 0.25) is 0 Å². The smallest absolute Gasteiger partial charge is 0.411 e. The van der Waals surface area contributed by atoms with Gasteiger partial charge in [0, 0.05) is 6.42 Å². The molecule has 0 spiro atoms. The van der Waals surface area contributed by atoms with Gasteiger partial charge in [-0.2, -0.15) is 0 Å².